The molecule has 0 bridgehead atoms. The first-order chi connectivity index (χ1) is 14.2. The Morgan fingerprint density at radius 1 is 1.24 bits per heavy atom. The number of likely N-dealkylation sites (N-methyl/N-ethyl adjacent to an activating group) is 1. The van der Waals surface area contributed by atoms with Crippen molar-refractivity contribution in [3.05, 3.63) is 47.2 Å². The summed E-state index contributed by atoms with van der Waals surface area (Å²) in [4.78, 5) is 21.2. The van der Waals surface area contributed by atoms with Gasteiger partial charge in [0.05, 0.1) is 32.0 Å². The first kappa shape index (κ1) is 19.6. The van der Waals surface area contributed by atoms with E-state index in [0.717, 1.165) is 29.4 Å². The largest absolute Gasteiger partial charge is 0.379 e. The Hall–Kier alpha value is -2.69. The van der Waals surface area contributed by atoms with E-state index in [1.54, 1.807) is 28.0 Å². The van der Waals surface area contributed by atoms with Crippen molar-refractivity contribution in [2.24, 2.45) is 0 Å². The number of carbonyl (C=O) groups excluding carboxylic acids is 1. The lowest BCUT2D eigenvalue weighted by Gasteiger charge is -2.25. The quantitative estimate of drug-likeness (QED) is 0.576. The maximum absolute atomic E-state index is 12.7. The zero-order chi connectivity index (χ0) is 20.1. The number of morpholine rings is 1. The van der Waals surface area contributed by atoms with Gasteiger partial charge in [0.15, 0.2) is 5.82 Å². The lowest BCUT2D eigenvalue weighted by Crippen LogP contribution is -2.37. The zero-order valence-electron chi connectivity index (χ0n) is 16.3. The van der Waals surface area contributed by atoms with E-state index in [1.807, 2.05) is 35.7 Å². The molecule has 3 aromatic rings. The molecule has 1 saturated heterocycles. The van der Waals surface area contributed by atoms with Gasteiger partial charge in [0, 0.05) is 31.1 Å². The summed E-state index contributed by atoms with van der Waals surface area (Å²) in [6, 6.07) is 10.0. The molecule has 10 heteroatoms. The monoisotopic (exact) mass is 413 g/mol. The van der Waals surface area contributed by atoms with Crippen molar-refractivity contribution in [1.82, 2.24) is 35.0 Å². The van der Waals surface area contributed by atoms with Gasteiger partial charge in [-0.1, -0.05) is 30.3 Å². The van der Waals surface area contributed by atoms with E-state index < -0.39 is 0 Å². The molecular weight excluding hydrogens is 390 g/mol. The highest BCUT2D eigenvalue weighted by molar-refractivity contribution is 7.13. The van der Waals surface area contributed by atoms with Crippen LogP contribution in [0.25, 0.3) is 10.6 Å². The van der Waals surface area contributed by atoms with Crippen molar-refractivity contribution in [3.8, 4) is 10.6 Å². The predicted octanol–water partition coefficient (Wildman–Crippen LogP) is 1.29. The third-order valence-corrected chi connectivity index (χ3v) is 5.70. The van der Waals surface area contributed by atoms with E-state index in [0.29, 0.717) is 32.1 Å². The van der Waals surface area contributed by atoms with Crippen LogP contribution in [0.4, 0.5) is 0 Å². The first-order valence-electron chi connectivity index (χ1n) is 9.48. The zero-order valence-corrected chi connectivity index (χ0v) is 17.1. The van der Waals surface area contributed by atoms with Gasteiger partial charge in [-0.05, 0) is 10.4 Å². The molecule has 0 atom stereocenters. The minimum Gasteiger partial charge on any atom is -0.379 e. The number of ether oxygens (including phenoxy) is 1. The Morgan fingerprint density at radius 2 is 2.03 bits per heavy atom. The second kappa shape index (κ2) is 9.21. The van der Waals surface area contributed by atoms with E-state index >= 15 is 0 Å². The molecule has 0 spiro atoms. The van der Waals surface area contributed by atoms with Crippen LogP contribution in [-0.2, 0) is 29.2 Å². The number of aromatic nitrogens is 5. The summed E-state index contributed by atoms with van der Waals surface area (Å²) in [6.45, 7) is 4.27. The van der Waals surface area contributed by atoms with Crippen LogP contribution in [0, 0.1) is 0 Å². The van der Waals surface area contributed by atoms with Crippen molar-refractivity contribution >= 4 is 17.2 Å². The molecule has 1 amide bonds. The van der Waals surface area contributed by atoms with Gasteiger partial charge in [-0.25, -0.2) is 9.67 Å². The molecule has 0 saturated carbocycles. The van der Waals surface area contributed by atoms with E-state index in [9.17, 15) is 4.79 Å². The van der Waals surface area contributed by atoms with Gasteiger partial charge < -0.3 is 9.64 Å². The van der Waals surface area contributed by atoms with Crippen LogP contribution in [0.5, 0.6) is 0 Å². The molecule has 152 valence electrons. The second-order valence-corrected chi connectivity index (χ2v) is 7.76. The lowest BCUT2D eigenvalue weighted by atomic mass is 10.2. The summed E-state index contributed by atoms with van der Waals surface area (Å²) in [6.07, 6.45) is 0. The SMILES string of the molecule is CN(Cc1csc(-c2ccccc2)n1)C(=O)Cn1nnnc1CN1CCOCC1. The molecular formula is C19H23N7O2S. The van der Waals surface area contributed by atoms with Crippen LogP contribution in [0.15, 0.2) is 35.7 Å². The highest BCUT2D eigenvalue weighted by atomic mass is 32.1. The fourth-order valence-electron chi connectivity index (χ4n) is 3.09. The van der Waals surface area contributed by atoms with Gasteiger partial charge >= 0.3 is 0 Å². The van der Waals surface area contributed by atoms with Crippen LogP contribution in [0.1, 0.15) is 11.5 Å². The fraction of sp³-hybridized carbons (Fsp3) is 0.421. The molecule has 2 aromatic heterocycles. The summed E-state index contributed by atoms with van der Waals surface area (Å²) in [5.74, 6) is 0.628. The number of hydrogen-bond donors (Lipinski definition) is 0. The highest BCUT2D eigenvalue weighted by Gasteiger charge is 2.18. The van der Waals surface area contributed by atoms with Crippen LogP contribution < -0.4 is 0 Å². The minimum absolute atomic E-state index is 0.0604. The van der Waals surface area contributed by atoms with Crippen molar-refractivity contribution in [2.45, 2.75) is 19.6 Å². The van der Waals surface area contributed by atoms with E-state index in [1.165, 1.54) is 0 Å². The molecule has 0 aliphatic carbocycles. The van der Waals surface area contributed by atoms with Gasteiger partial charge in [-0.3, -0.25) is 9.69 Å². The van der Waals surface area contributed by atoms with Crippen molar-refractivity contribution in [1.29, 1.82) is 0 Å². The summed E-state index contributed by atoms with van der Waals surface area (Å²) < 4.78 is 6.94. The number of amides is 1. The van der Waals surface area contributed by atoms with E-state index in [4.69, 9.17) is 4.74 Å². The summed E-state index contributed by atoms with van der Waals surface area (Å²) in [5.41, 5.74) is 1.95. The molecule has 0 radical (unpaired) electrons. The Balaban J connectivity index is 1.34. The molecule has 0 unspecified atom stereocenters. The predicted molar refractivity (Wildman–Crippen MR) is 108 cm³/mol. The molecule has 1 fully saturated rings. The second-order valence-electron chi connectivity index (χ2n) is 6.90. The summed E-state index contributed by atoms with van der Waals surface area (Å²) in [7, 11) is 1.77. The molecule has 3 heterocycles. The first-order valence-corrected chi connectivity index (χ1v) is 10.4. The van der Waals surface area contributed by atoms with Gasteiger partial charge in [-0.2, -0.15) is 0 Å². The third-order valence-electron chi connectivity index (χ3n) is 4.76. The van der Waals surface area contributed by atoms with Crippen molar-refractivity contribution in [2.75, 3.05) is 33.4 Å². The maximum atomic E-state index is 12.7. The van der Waals surface area contributed by atoms with Crippen LogP contribution in [-0.4, -0.2) is 74.2 Å². The maximum Gasteiger partial charge on any atom is 0.244 e. The number of carbonyl (C=O) groups is 1. The molecule has 0 N–H and O–H groups in total. The van der Waals surface area contributed by atoms with Crippen LogP contribution in [0.2, 0.25) is 0 Å². The Bertz CT molecular complexity index is 937. The van der Waals surface area contributed by atoms with E-state index in [2.05, 4.69) is 25.4 Å². The third kappa shape index (κ3) is 5.03. The van der Waals surface area contributed by atoms with E-state index in [-0.39, 0.29) is 12.5 Å². The number of nitrogens with zero attached hydrogens (tertiary/aromatic N) is 7. The number of benzene rings is 1. The number of rotatable bonds is 7. The molecule has 29 heavy (non-hydrogen) atoms. The molecule has 1 aliphatic rings. The molecule has 1 aliphatic heterocycles. The van der Waals surface area contributed by atoms with Gasteiger partial charge in [0.25, 0.3) is 0 Å². The Morgan fingerprint density at radius 3 is 2.83 bits per heavy atom. The van der Waals surface area contributed by atoms with Gasteiger partial charge in [-0.15, -0.1) is 16.4 Å². The smallest absolute Gasteiger partial charge is 0.244 e. The highest BCUT2D eigenvalue weighted by Crippen LogP contribution is 2.23. The van der Waals surface area contributed by atoms with Crippen LogP contribution >= 0.6 is 11.3 Å². The van der Waals surface area contributed by atoms with Crippen LogP contribution in [0.3, 0.4) is 0 Å². The Labute approximate surface area is 172 Å². The lowest BCUT2D eigenvalue weighted by molar-refractivity contribution is -0.131. The van der Waals surface area contributed by atoms with Gasteiger partial charge in [0.2, 0.25) is 5.91 Å². The Kier molecular flexibility index (Phi) is 6.23. The fourth-order valence-corrected chi connectivity index (χ4v) is 3.91. The molecule has 9 nitrogen and oxygen atoms in total. The number of hydrogen-bond acceptors (Lipinski definition) is 8. The van der Waals surface area contributed by atoms with Gasteiger partial charge in [0.1, 0.15) is 11.6 Å². The topological polar surface area (TPSA) is 89.3 Å². The minimum atomic E-state index is -0.0604. The van der Waals surface area contributed by atoms with Crippen molar-refractivity contribution < 1.29 is 9.53 Å². The summed E-state index contributed by atoms with van der Waals surface area (Å²) >= 11 is 1.58. The standard InChI is InChI=1S/C19H23N7O2S/c1-24(11-16-14-29-19(20-16)15-5-3-2-4-6-15)18(27)13-26-17(21-22-23-26)12-25-7-9-28-10-8-25/h2-6,14H,7-13H2,1H3. The number of thiazole rings is 1. The van der Waals surface area contributed by atoms with Crippen molar-refractivity contribution in [3.63, 3.8) is 0 Å². The number of tetrazole rings is 1. The average Bonchev–Trinajstić information content (AvgIpc) is 3.39. The molecule has 1 aromatic carbocycles. The summed E-state index contributed by atoms with van der Waals surface area (Å²) in [5, 5.41) is 14.8. The normalized spacial score (nSPS) is 14.8. The molecule has 4 rings (SSSR count). The average molecular weight is 414 g/mol.